The van der Waals surface area contributed by atoms with E-state index in [0.717, 1.165) is 38.9 Å². The van der Waals surface area contributed by atoms with Crippen LogP contribution in [0, 0.1) is 6.92 Å². The van der Waals surface area contributed by atoms with Crippen LogP contribution in [0.15, 0.2) is 82.9 Å². The number of rotatable bonds is 2. The van der Waals surface area contributed by atoms with E-state index >= 15 is 0 Å². The molecule has 0 spiro atoms. The second kappa shape index (κ2) is 7.49. The van der Waals surface area contributed by atoms with Gasteiger partial charge in [0, 0.05) is 16.1 Å². The molecule has 2 aliphatic heterocycles. The number of aliphatic imine (C=N–C) groups is 1. The van der Waals surface area contributed by atoms with Crippen molar-refractivity contribution < 1.29 is 4.84 Å². The number of aryl methyl sites for hydroxylation is 1. The number of thioether (sulfide) groups is 1. The first-order chi connectivity index (χ1) is 14.6. The molecule has 0 aliphatic carbocycles. The second-order valence-electron chi connectivity index (χ2n) is 7.33. The van der Waals surface area contributed by atoms with Crippen molar-refractivity contribution in [2.45, 2.75) is 19.1 Å². The van der Waals surface area contributed by atoms with E-state index in [2.05, 4.69) is 28.3 Å². The van der Waals surface area contributed by atoms with Crippen molar-refractivity contribution in [1.82, 2.24) is 0 Å². The maximum atomic E-state index is 6.46. The van der Waals surface area contributed by atoms with E-state index in [1.54, 1.807) is 11.8 Å². The molecule has 6 heteroatoms. The maximum absolute atomic E-state index is 6.46. The molecule has 1 atom stereocenters. The Hall–Kier alpha value is -2.76. The average molecular weight is 434 g/mol. The zero-order valence-electron chi connectivity index (χ0n) is 16.7. The minimum Gasteiger partial charge on any atom is -0.359 e. The third-order valence-corrected chi connectivity index (χ3v) is 6.62. The highest BCUT2D eigenvalue weighted by Crippen LogP contribution is 2.49. The summed E-state index contributed by atoms with van der Waals surface area (Å²) >= 11 is 8.09. The first-order valence-corrected chi connectivity index (χ1v) is 11.3. The predicted molar refractivity (Wildman–Crippen MR) is 126 cm³/mol. The number of amidine groups is 1. The molecule has 0 fully saturated rings. The monoisotopic (exact) mass is 433 g/mol. The fraction of sp³-hybridized carbons (Fsp3) is 0.167. The topological polar surface area (TPSA) is 37.2 Å². The summed E-state index contributed by atoms with van der Waals surface area (Å²) in [6.07, 6.45) is 2.63. The summed E-state index contributed by atoms with van der Waals surface area (Å²) in [5, 5.41) is 6.30. The molecule has 0 unspecified atom stereocenters. The van der Waals surface area contributed by atoms with Gasteiger partial charge < -0.3 is 4.84 Å². The Kier molecular flexibility index (Phi) is 4.80. The van der Waals surface area contributed by atoms with Crippen LogP contribution >= 0.6 is 23.4 Å². The molecule has 2 aliphatic rings. The van der Waals surface area contributed by atoms with Crippen LogP contribution in [0.25, 0.3) is 0 Å². The molecular formula is C24H20ClN3OS. The molecular weight excluding hydrogens is 414 g/mol. The molecule has 0 bridgehead atoms. The number of hydrogen-bond donors (Lipinski definition) is 0. The summed E-state index contributed by atoms with van der Waals surface area (Å²) in [4.78, 5) is 13.4. The van der Waals surface area contributed by atoms with Crippen molar-refractivity contribution in [3.8, 4) is 0 Å². The van der Waals surface area contributed by atoms with Crippen molar-refractivity contribution in [3.05, 3.63) is 94.5 Å². The highest BCUT2D eigenvalue weighted by molar-refractivity contribution is 8.13. The smallest absolute Gasteiger partial charge is 0.247 e. The molecule has 0 amide bonds. The number of fused-ring (bicyclic) bond motifs is 3. The molecule has 0 radical (unpaired) electrons. The average Bonchev–Trinajstić information content (AvgIpc) is 3.09. The molecule has 3 aromatic rings. The van der Waals surface area contributed by atoms with Gasteiger partial charge in [-0.3, -0.25) is 4.90 Å². The van der Waals surface area contributed by atoms with Crippen molar-refractivity contribution in [1.29, 1.82) is 0 Å². The van der Waals surface area contributed by atoms with Gasteiger partial charge in [0.2, 0.25) is 5.72 Å². The van der Waals surface area contributed by atoms with Crippen molar-refractivity contribution in [3.63, 3.8) is 0 Å². The number of oxime groups is 1. The van der Waals surface area contributed by atoms with Crippen LogP contribution in [0.2, 0.25) is 5.02 Å². The van der Waals surface area contributed by atoms with Crippen LogP contribution in [0.3, 0.4) is 0 Å². The molecule has 0 saturated heterocycles. The van der Waals surface area contributed by atoms with Crippen LogP contribution in [0.1, 0.15) is 23.1 Å². The first kappa shape index (κ1) is 19.2. The standard InChI is InChI=1S/C24H20ClN3OS/c1-16-12-13-17(14-19(16)25)23-27-29-24(18-8-4-3-5-9-18)15-22(30-2)26-20-10-6-7-11-21(20)28(23)24/h3-14H,15H2,1-2H3/t24-/m0/s1. The van der Waals surface area contributed by atoms with Gasteiger partial charge in [-0.05, 0) is 36.9 Å². The van der Waals surface area contributed by atoms with Gasteiger partial charge in [-0.1, -0.05) is 71.4 Å². The van der Waals surface area contributed by atoms with Gasteiger partial charge in [0.25, 0.3) is 0 Å². The maximum Gasteiger partial charge on any atom is 0.247 e. The van der Waals surface area contributed by atoms with Crippen LogP contribution in [-0.2, 0) is 10.6 Å². The molecule has 4 nitrogen and oxygen atoms in total. The third-order valence-electron chi connectivity index (χ3n) is 5.51. The normalized spacial score (nSPS) is 19.9. The quantitative estimate of drug-likeness (QED) is 0.463. The summed E-state index contributed by atoms with van der Waals surface area (Å²) in [6.45, 7) is 1.99. The number of para-hydroxylation sites is 2. The largest absolute Gasteiger partial charge is 0.359 e. The summed E-state index contributed by atoms with van der Waals surface area (Å²) in [7, 11) is 0. The third kappa shape index (κ3) is 3.01. The van der Waals surface area contributed by atoms with Gasteiger partial charge in [-0.15, -0.1) is 11.8 Å². The van der Waals surface area contributed by atoms with E-state index in [4.69, 9.17) is 21.4 Å². The van der Waals surface area contributed by atoms with E-state index in [0.29, 0.717) is 11.4 Å². The Labute approximate surface area is 185 Å². The molecule has 0 saturated carbocycles. The Morgan fingerprint density at radius 2 is 1.80 bits per heavy atom. The van der Waals surface area contributed by atoms with E-state index in [1.807, 2.05) is 67.8 Å². The zero-order valence-corrected chi connectivity index (χ0v) is 18.2. The number of hydrogen-bond acceptors (Lipinski definition) is 5. The minimum atomic E-state index is -0.817. The Morgan fingerprint density at radius 1 is 1.03 bits per heavy atom. The van der Waals surface area contributed by atoms with E-state index in [1.165, 1.54) is 0 Å². The lowest BCUT2D eigenvalue weighted by molar-refractivity contribution is -0.0148. The van der Waals surface area contributed by atoms with E-state index in [9.17, 15) is 0 Å². The Morgan fingerprint density at radius 3 is 2.57 bits per heavy atom. The summed E-state index contributed by atoms with van der Waals surface area (Å²) < 4.78 is 0. The van der Waals surface area contributed by atoms with Crippen molar-refractivity contribution >= 4 is 45.6 Å². The summed E-state index contributed by atoms with van der Waals surface area (Å²) in [6, 6.07) is 24.4. The molecule has 0 aromatic heterocycles. The lowest BCUT2D eigenvalue weighted by Crippen LogP contribution is -2.47. The van der Waals surface area contributed by atoms with Crippen molar-refractivity contribution in [2.24, 2.45) is 10.1 Å². The predicted octanol–water partition coefficient (Wildman–Crippen LogP) is 6.50. The van der Waals surface area contributed by atoms with Gasteiger partial charge >= 0.3 is 0 Å². The number of benzene rings is 3. The van der Waals surface area contributed by atoms with Crippen molar-refractivity contribution in [2.75, 3.05) is 11.2 Å². The van der Waals surface area contributed by atoms with Gasteiger partial charge in [0.15, 0.2) is 5.84 Å². The molecule has 5 rings (SSSR count). The number of nitrogens with zero attached hydrogens (tertiary/aromatic N) is 3. The number of anilines is 1. The van der Waals surface area contributed by atoms with E-state index in [-0.39, 0.29) is 0 Å². The fourth-order valence-electron chi connectivity index (χ4n) is 3.93. The lowest BCUT2D eigenvalue weighted by Gasteiger charge is -2.36. The summed E-state index contributed by atoms with van der Waals surface area (Å²) in [5.74, 6) is 0.728. The summed E-state index contributed by atoms with van der Waals surface area (Å²) in [5.41, 5.74) is 4.00. The first-order valence-electron chi connectivity index (χ1n) is 9.71. The fourth-order valence-corrected chi connectivity index (χ4v) is 4.64. The van der Waals surface area contributed by atoms with Gasteiger partial charge in [0.1, 0.15) is 0 Å². The van der Waals surface area contributed by atoms with Gasteiger partial charge in [-0.2, -0.15) is 0 Å². The SMILES string of the molecule is CSC1=Nc2ccccc2N2C(c3ccc(C)c(Cl)c3)=NO[C@]2(c2ccccc2)C1. The second-order valence-corrected chi connectivity index (χ2v) is 8.62. The highest BCUT2D eigenvalue weighted by Gasteiger charge is 2.51. The van der Waals surface area contributed by atoms with Gasteiger partial charge in [-0.25, -0.2) is 4.99 Å². The van der Waals surface area contributed by atoms with Crippen LogP contribution in [-0.4, -0.2) is 17.1 Å². The Balaban J connectivity index is 1.76. The zero-order chi connectivity index (χ0) is 20.7. The lowest BCUT2D eigenvalue weighted by atomic mass is 9.96. The molecule has 2 heterocycles. The van der Waals surface area contributed by atoms with Crippen LogP contribution in [0.4, 0.5) is 11.4 Å². The minimum absolute atomic E-state index is 0.583. The molecule has 30 heavy (non-hydrogen) atoms. The van der Waals surface area contributed by atoms with Gasteiger partial charge in [0.05, 0.1) is 22.8 Å². The molecule has 3 aromatic carbocycles. The highest BCUT2D eigenvalue weighted by atomic mass is 35.5. The number of halogens is 1. The van der Waals surface area contributed by atoms with Crippen LogP contribution in [0.5, 0.6) is 0 Å². The Bertz CT molecular complexity index is 1180. The van der Waals surface area contributed by atoms with Crippen LogP contribution < -0.4 is 4.90 Å². The van der Waals surface area contributed by atoms with E-state index < -0.39 is 5.72 Å². The molecule has 0 N–H and O–H groups in total. The molecule has 150 valence electrons.